The molecule has 2 aromatic heterocycles. The molecular formula is C27H18IN3O4. The molecule has 0 radical (unpaired) electrons. The lowest BCUT2D eigenvalue weighted by molar-refractivity contribution is 0.0701. The van der Waals surface area contributed by atoms with E-state index >= 15 is 0 Å². The van der Waals surface area contributed by atoms with Gasteiger partial charge in [-0.25, -0.2) is 10.2 Å². The number of ether oxygens (including phenoxy) is 1. The third-order valence-electron chi connectivity index (χ3n) is 5.26. The van der Waals surface area contributed by atoms with Gasteiger partial charge in [-0.15, -0.1) is 0 Å². The predicted octanol–water partition coefficient (Wildman–Crippen LogP) is 6.02. The number of fused-ring (bicyclic) bond motifs is 1. The zero-order chi connectivity index (χ0) is 24.2. The van der Waals surface area contributed by atoms with Crippen molar-refractivity contribution in [2.45, 2.75) is 0 Å². The summed E-state index contributed by atoms with van der Waals surface area (Å²) in [6.07, 6.45) is 2.82. The molecule has 3 aromatic carbocycles. The highest BCUT2D eigenvalue weighted by Gasteiger charge is 2.19. The molecule has 5 aromatic rings. The Kier molecular flexibility index (Phi) is 6.44. The van der Waals surface area contributed by atoms with Crippen molar-refractivity contribution >= 4 is 51.6 Å². The number of nitrogens with zero attached hydrogens (tertiary/aromatic N) is 1. The van der Waals surface area contributed by atoms with E-state index in [0.717, 1.165) is 25.6 Å². The molecule has 0 aliphatic carbocycles. The third kappa shape index (κ3) is 4.87. The molecule has 0 saturated carbocycles. The Hall–Kier alpha value is -4.18. The quantitative estimate of drug-likeness (QED) is 0.0852. The standard InChI is InChI=1S/C27H18IN3O4/c28-19-12-13-21-20(15-19)24(17-7-2-1-3-8-17)25(30-21)26(32)31-29-16-18-9-4-5-10-22(18)35-27(33)23-11-6-14-34-23/h1-16,30H,(H,31,32). The minimum atomic E-state index is -0.625. The van der Waals surface area contributed by atoms with Crippen LogP contribution in [0.3, 0.4) is 0 Å². The van der Waals surface area contributed by atoms with Crippen LogP contribution >= 0.6 is 22.6 Å². The number of H-pyrrole nitrogens is 1. The van der Waals surface area contributed by atoms with Crippen molar-refractivity contribution in [3.63, 3.8) is 0 Å². The average Bonchev–Trinajstić information content (AvgIpc) is 3.54. The summed E-state index contributed by atoms with van der Waals surface area (Å²) >= 11 is 2.25. The molecule has 0 saturated heterocycles. The highest BCUT2D eigenvalue weighted by molar-refractivity contribution is 14.1. The molecular weight excluding hydrogens is 557 g/mol. The summed E-state index contributed by atoms with van der Waals surface area (Å²) in [5.74, 6) is -0.638. The summed E-state index contributed by atoms with van der Waals surface area (Å²) in [5, 5.41) is 5.06. The summed E-state index contributed by atoms with van der Waals surface area (Å²) < 4.78 is 11.6. The van der Waals surface area contributed by atoms with Gasteiger partial charge in [0.25, 0.3) is 5.91 Å². The number of hydrogen-bond donors (Lipinski definition) is 2. The summed E-state index contributed by atoms with van der Waals surface area (Å²) in [4.78, 5) is 28.6. The van der Waals surface area contributed by atoms with E-state index in [2.05, 4.69) is 38.1 Å². The van der Waals surface area contributed by atoms with Gasteiger partial charge in [-0.2, -0.15) is 5.10 Å². The van der Waals surface area contributed by atoms with Gasteiger partial charge < -0.3 is 14.1 Å². The van der Waals surface area contributed by atoms with Gasteiger partial charge in [-0.1, -0.05) is 42.5 Å². The number of furan rings is 1. The van der Waals surface area contributed by atoms with Crippen molar-refractivity contribution in [3.05, 3.63) is 112 Å². The molecule has 0 fully saturated rings. The van der Waals surface area contributed by atoms with Crippen molar-refractivity contribution < 1.29 is 18.7 Å². The van der Waals surface area contributed by atoms with E-state index in [-0.39, 0.29) is 11.5 Å². The average molecular weight is 575 g/mol. The second kappa shape index (κ2) is 9.98. The summed E-state index contributed by atoms with van der Waals surface area (Å²) in [7, 11) is 0. The SMILES string of the molecule is O=C(Oc1ccccc1C=NNC(=O)c1[nH]c2ccc(I)cc2c1-c1ccccc1)c1ccco1. The largest absolute Gasteiger partial charge is 0.457 e. The second-order valence-corrected chi connectivity index (χ2v) is 8.78. The first-order valence-corrected chi connectivity index (χ1v) is 11.7. The molecule has 0 atom stereocenters. The van der Waals surface area contributed by atoms with E-state index in [1.165, 1.54) is 18.5 Å². The van der Waals surface area contributed by atoms with Crippen molar-refractivity contribution in [2.75, 3.05) is 0 Å². The number of hydrogen-bond acceptors (Lipinski definition) is 5. The van der Waals surface area contributed by atoms with Gasteiger partial charge in [-0.05, 0) is 70.6 Å². The summed E-state index contributed by atoms with van der Waals surface area (Å²) in [6, 6.07) is 25.7. The van der Waals surface area contributed by atoms with Crippen LogP contribution in [0.15, 0.2) is 101 Å². The molecule has 172 valence electrons. The molecule has 0 aliphatic rings. The van der Waals surface area contributed by atoms with Crippen LogP contribution in [0.1, 0.15) is 26.6 Å². The maximum Gasteiger partial charge on any atom is 0.379 e. The number of esters is 1. The third-order valence-corrected chi connectivity index (χ3v) is 5.93. The number of nitrogens with one attached hydrogen (secondary N) is 2. The second-order valence-electron chi connectivity index (χ2n) is 7.53. The molecule has 0 bridgehead atoms. The van der Waals surface area contributed by atoms with Crippen molar-refractivity contribution in [1.82, 2.24) is 10.4 Å². The van der Waals surface area contributed by atoms with Crippen molar-refractivity contribution in [1.29, 1.82) is 0 Å². The number of benzene rings is 3. The predicted molar refractivity (Wildman–Crippen MR) is 142 cm³/mol. The van der Waals surface area contributed by atoms with Gasteiger partial charge in [0.05, 0.1) is 12.5 Å². The topological polar surface area (TPSA) is 96.7 Å². The molecule has 35 heavy (non-hydrogen) atoms. The fraction of sp³-hybridized carbons (Fsp3) is 0. The lowest BCUT2D eigenvalue weighted by Crippen LogP contribution is -2.19. The van der Waals surface area contributed by atoms with Gasteiger partial charge in [0.2, 0.25) is 5.76 Å². The Labute approximate surface area is 213 Å². The van der Waals surface area contributed by atoms with Gasteiger partial charge >= 0.3 is 5.97 Å². The monoisotopic (exact) mass is 575 g/mol. The zero-order valence-electron chi connectivity index (χ0n) is 18.2. The normalized spacial score (nSPS) is 11.1. The van der Waals surface area contributed by atoms with Gasteiger partial charge in [0.1, 0.15) is 11.4 Å². The Bertz CT molecular complexity index is 1540. The van der Waals surface area contributed by atoms with Crippen LogP contribution in [0.2, 0.25) is 0 Å². The lowest BCUT2D eigenvalue weighted by atomic mass is 10.0. The fourth-order valence-corrected chi connectivity index (χ4v) is 4.17. The Morgan fingerprint density at radius 1 is 0.971 bits per heavy atom. The Morgan fingerprint density at radius 2 is 1.77 bits per heavy atom. The van der Waals surface area contributed by atoms with Crippen LogP contribution in [0.4, 0.5) is 0 Å². The number of para-hydroxylation sites is 1. The van der Waals surface area contributed by atoms with E-state index in [9.17, 15) is 9.59 Å². The van der Waals surface area contributed by atoms with Crippen molar-refractivity contribution in [2.24, 2.45) is 5.10 Å². The molecule has 0 spiro atoms. The first-order chi connectivity index (χ1) is 17.1. The van der Waals surface area contributed by atoms with Crippen LogP contribution in [0.25, 0.3) is 22.0 Å². The van der Waals surface area contributed by atoms with Gasteiger partial charge in [0, 0.05) is 25.6 Å². The zero-order valence-corrected chi connectivity index (χ0v) is 20.4. The summed E-state index contributed by atoms with van der Waals surface area (Å²) in [5.41, 5.74) is 6.08. The van der Waals surface area contributed by atoms with Gasteiger partial charge in [-0.3, -0.25) is 4.79 Å². The number of aromatic nitrogens is 1. The molecule has 1 amide bonds. The first-order valence-electron chi connectivity index (χ1n) is 10.6. The number of rotatable bonds is 6. The van der Waals surface area contributed by atoms with Crippen LogP contribution < -0.4 is 10.2 Å². The van der Waals surface area contributed by atoms with E-state index in [4.69, 9.17) is 9.15 Å². The molecule has 7 nitrogen and oxygen atoms in total. The molecule has 5 rings (SSSR count). The maximum absolute atomic E-state index is 13.1. The van der Waals surface area contributed by atoms with Crippen LogP contribution in [0.5, 0.6) is 5.75 Å². The smallest absolute Gasteiger partial charge is 0.379 e. The van der Waals surface area contributed by atoms with Crippen LogP contribution in [0, 0.1) is 3.57 Å². The molecule has 0 aliphatic heterocycles. The highest BCUT2D eigenvalue weighted by Crippen LogP contribution is 2.33. The van der Waals surface area contributed by atoms with E-state index in [1.54, 1.807) is 30.3 Å². The Morgan fingerprint density at radius 3 is 2.57 bits per heavy atom. The minimum Gasteiger partial charge on any atom is -0.457 e. The van der Waals surface area contributed by atoms with E-state index in [1.807, 2.05) is 48.5 Å². The van der Waals surface area contributed by atoms with Crippen molar-refractivity contribution in [3.8, 4) is 16.9 Å². The maximum atomic E-state index is 13.1. The highest BCUT2D eigenvalue weighted by atomic mass is 127. The fourth-order valence-electron chi connectivity index (χ4n) is 3.68. The molecule has 2 heterocycles. The van der Waals surface area contributed by atoms with Crippen LogP contribution in [-0.2, 0) is 0 Å². The van der Waals surface area contributed by atoms with E-state index in [0.29, 0.717) is 11.3 Å². The number of carbonyl (C=O) groups excluding carboxylic acids is 2. The number of aromatic amines is 1. The number of hydrazone groups is 1. The number of carbonyl (C=O) groups is 2. The van der Waals surface area contributed by atoms with Crippen LogP contribution in [-0.4, -0.2) is 23.1 Å². The number of amides is 1. The summed E-state index contributed by atoms with van der Waals surface area (Å²) in [6.45, 7) is 0. The molecule has 2 N–H and O–H groups in total. The van der Waals surface area contributed by atoms with Gasteiger partial charge in [0.15, 0.2) is 0 Å². The first kappa shape index (κ1) is 22.6. The number of halogens is 1. The Balaban J connectivity index is 1.40. The minimum absolute atomic E-state index is 0.0898. The molecule has 0 unspecified atom stereocenters. The molecule has 8 heteroatoms. The lowest BCUT2D eigenvalue weighted by Gasteiger charge is -2.06. The van der Waals surface area contributed by atoms with E-state index < -0.39 is 11.9 Å².